The first kappa shape index (κ1) is 20.7. The van der Waals surface area contributed by atoms with Crippen molar-refractivity contribution in [2.24, 2.45) is 0 Å². The molecule has 0 bridgehead atoms. The van der Waals surface area contributed by atoms with Gasteiger partial charge in [-0.2, -0.15) is 0 Å². The molecule has 0 unspecified atom stereocenters. The molecule has 0 aliphatic rings. The Balaban J connectivity index is 0.00000139. The van der Waals surface area contributed by atoms with Crippen molar-refractivity contribution in [2.75, 3.05) is 19.5 Å². The summed E-state index contributed by atoms with van der Waals surface area (Å²) in [5.41, 5.74) is 1.08. The van der Waals surface area contributed by atoms with E-state index in [-0.39, 0.29) is 6.61 Å². The van der Waals surface area contributed by atoms with Crippen LogP contribution in [0.1, 0.15) is 25.8 Å². The molecule has 0 aromatic heterocycles. The van der Waals surface area contributed by atoms with Crippen LogP contribution in [0.4, 0.5) is 0 Å². The highest BCUT2D eigenvalue weighted by Crippen LogP contribution is 2.32. The van der Waals surface area contributed by atoms with Crippen molar-refractivity contribution in [2.45, 2.75) is 37.0 Å². The van der Waals surface area contributed by atoms with Gasteiger partial charge in [-0.05, 0) is 43.0 Å². The fourth-order valence-corrected chi connectivity index (χ4v) is 3.28. The van der Waals surface area contributed by atoms with Crippen molar-refractivity contribution >= 4 is 23.8 Å². The summed E-state index contributed by atoms with van der Waals surface area (Å²) < 4.78 is 11.4. The second-order valence-corrected chi connectivity index (χ2v) is 6.35. The van der Waals surface area contributed by atoms with Crippen molar-refractivity contribution in [3.8, 4) is 11.5 Å². The molecule has 5 heteroatoms. The molecule has 2 rings (SSSR count). The Bertz CT molecular complexity index is 603. The minimum Gasteiger partial charge on any atom is -0.493 e. The maximum absolute atomic E-state index is 8.80. The lowest BCUT2D eigenvalue weighted by molar-refractivity contribution is 0.233. The molecule has 132 valence electrons. The maximum Gasteiger partial charge on any atom is 0.141 e. The summed E-state index contributed by atoms with van der Waals surface area (Å²) in [6, 6.07) is 14.0. The predicted octanol–water partition coefficient (Wildman–Crippen LogP) is 5.59. The van der Waals surface area contributed by atoms with E-state index < -0.39 is 0 Å². The molecule has 2 aromatic rings. The summed E-state index contributed by atoms with van der Waals surface area (Å²) in [5, 5.41) is 8.80. The van der Waals surface area contributed by atoms with E-state index in [9.17, 15) is 0 Å². The monoisotopic (exact) mass is 366 g/mol. The van der Waals surface area contributed by atoms with Crippen LogP contribution in [-0.2, 0) is 0 Å². The number of hydrogen-bond acceptors (Lipinski definition) is 5. The lowest BCUT2D eigenvalue weighted by Gasteiger charge is -2.11. The Morgan fingerprint density at radius 1 is 1.00 bits per heavy atom. The highest BCUT2D eigenvalue weighted by molar-refractivity contribution is 8.00. The molecule has 24 heavy (non-hydrogen) atoms. The van der Waals surface area contributed by atoms with Crippen molar-refractivity contribution < 1.29 is 14.0 Å². The third-order valence-corrected chi connectivity index (χ3v) is 4.63. The van der Waals surface area contributed by atoms with E-state index in [4.69, 9.17) is 14.0 Å². The van der Waals surface area contributed by atoms with E-state index in [1.54, 1.807) is 11.8 Å². The smallest absolute Gasteiger partial charge is 0.141 e. The number of aliphatic hydroxyl groups excluding tert-OH is 1. The van der Waals surface area contributed by atoms with E-state index >= 15 is 0 Å². The van der Waals surface area contributed by atoms with Crippen LogP contribution in [0, 0.1) is 6.92 Å². The molecule has 0 spiro atoms. The number of aliphatic hydroxyl groups is 1. The zero-order chi connectivity index (χ0) is 17.8. The van der Waals surface area contributed by atoms with Crippen LogP contribution in [0.5, 0.6) is 11.5 Å². The zero-order valence-corrected chi connectivity index (χ0v) is 16.4. The molecular formula is C19H26O3S2. The molecule has 0 saturated heterocycles. The van der Waals surface area contributed by atoms with Gasteiger partial charge in [0.15, 0.2) is 0 Å². The first-order valence-corrected chi connectivity index (χ1v) is 10.0. The van der Waals surface area contributed by atoms with Crippen LogP contribution in [0.25, 0.3) is 0 Å². The van der Waals surface area contributed by atoms with Crippen molar-refractivity contribution in [3.63, 3.8) is 0 Å². The van der Waals surface area contributed by atoms with Gasteiger partial charge < -0.3 is 14.0 Å². The highest BCUT2D eigenvalue weighted by Gasteiger charge is 2.06. The van der Waals surface area contributed by atoms with Crippen LogP contribution in [0.3, 0.4) is 0 Å². The molecule has 0 aliphatic carbocycles. The third kappa shape index (κ3) is 7.07. The molecule has 0 radical (unpaired) electrons. The van der Waals surface area contributed by atoms with Gasteiger partial charge in [-0.3, -0.25) is 0 Å². The number of benzene rings is 2. The van der Waals surface area contributed by atoms with E-state index in [0.29, 0.717) is 13.0 Å². The van der Waals surface area contributed by atoms with Gasteiger partial charge in [0.1, 0.15) is 11.5 Å². The number of rotatable bonds is 8. The van der Waals surface area contributed by atoms with Crippen molar-refractivity contribution in [3.05, 3.63) is 48.0 Å². The number of aryl methyl sites for hydroxylation is 1. The Morgan fingerprint density at radius 2 is 1.67 bits per heavy atom. The fourth-order valence-electron chi connectivity index (χ4n) is 1.88. The summed E-state index contributed by atoms with van der Waals surface area (Å²) in [6.07, 6.45) is 2.68. The number of thioether (sulfide) groups is 1. The Hall–Kier alpha value is -1.30. The van der Waals surface area contributed by atoms with E-state index in [1.165, 1.54) is 16.9 Å². The average molecular weight is 367 g/mol. The van der Waals surface area contributed by atoms with Crippen LogP contribution < -0.4 is 8.92 Å². The zero-order valence-electron chi connectivity index (χ0n) is 14.7. The largest absolute Gasteiger partial charge is 0.493 e. The SMILES string of the molecule is CC.CSc1ccccc1SOc1cc(C)cc(OCCCO)c1. The van der Waals surface area contributed by atoms with Crippen LogP contribution in [-0.4, -0.2) is 24.6 Å². The molecule has 0 fully saturated rings. The highest BCUT2D eigenvalue weighted by atomic mass is 32.2. The lowest BCUT2D eigenvalue weighted by atomic mass is 10.2. The summed E-state index contributed by atoms with van der Waals surface area (Å²) >= 11 is 3.06. The molecule has 2 aromatic carbocycles. The molecule has 1 N–H and O–H groups in total. The van der Waals surface area contributed by atoms with Gasteiger partial charge in [0, 0.05) is 24.0 Å². The second-order valence-electron chi connectivity index (χ2n) is 4.72. The van der Waals surface area contributed by atoms with Crippen molar-refractivity contribution in [1.29, 1.82) is 0 Å². The van der Waals surface area contributed by atoms with E-state index in [0.717, 1.165) is 22.0 Å². The first-order chi connectivity index (χ1) is 11.7. The van der Waals surface area contributed by atoms with Gasteiger partial charge in [-0.1, -0.05) is 26.0 Å². The molecule has 0 saturated carbocycles. The summed E-state index contributed by atoms with van der Waals surface area (Å²) in [5.74, 6) is 1.53. The van der Waals surface area contributed by atoms with Gasteiger partial charge in [0.05, 0.1) is 23.5 Å². The molecule has 3 nitrogen and oxygen atoms in total. The summed E-state index contributed by atoms with van der Waals surface area (Å²) in [6.45, 7) is 6.64. The second kappa shape index (κ2) is 12.1. The standard InChI is InChI=1S/C17H20O3S2.C2H6/c1-13-10-14(19-9-5-8-18)12-15(11-13)20-22-17-7-4-3-6-16(17)21-2;1-2/h3-4,6-7,10-12,18H,5,8-9H2,1-2H3;1-2H3. The van der Waals surface area contributed by atoms with E-state index in [2.05, 4.69) is 12.3 Å². The molecule has 0 atom stereocenters. The number of hydrogen-bond donors (Lipinski definition) is 1. The average Bonchev–Trinajstić information content (AvgIpc) is 2.62. The maximum atomic E-state index is 8.80. The Morgan fingerprint density at radius 3 is 2.33 bits per heavy atom. The summed E-state index contributed by atoms with van der Waals surface area (Å²) in [4.78, 5) is 2.29. The first-order valence-electron chi connectivity index (χ1n) is 8.06. The normalized spacial score (nSPS) is 9.88. The van der Waals surface area contributed by atoms with Gasteiger partial charge in [-0.15, -0.1) is 11.8 Å². The summed E-state index contributed by atoms with van der Waals surface area (Å²) in [7, 11) is 0. The van der Waals surface area contributed by atoms with Gasteiger partial charge in [-0.25, -0.2) is 0 Å². The topological polar surface area (TPSA) is 38.7 Å². The minimum absolute atomic E-state index is 0.135. The Labute approximate surface area is 154 Å². The van der Waals surface area contributed by atoms with Crippen LogP contribution in [0.2, 0.25) is 0 Å². The number of ether oxygens (including phenoxy) is 1. The lowest BCUT2D eigenvalue weighted by Crippen LogP contribution is -2.00. The van der Waals surface area contributed by atoms with E-state index in [1.807, 2.05) is 57.2 Å². The molecule has 0 heterocycles. The minimum atomic E-state index is 0.135. The fraction of sp³-hybridized carbons (Fsp3) is 0.368. The molecular weight excluding hydrogens is 340 g/mol. The van der Waals surface area contributed by atoms with Crippen molar-refractivity contribution in [1.82, 2.24) is 0 Å². The van der Waals surface area contributed by atoms with Gasteiger partial charge in [0.25, 0.3) is 0 Å². The van der Waals surface area contributed by atoms with Crippen LogP contribution in [0.15, 0.2) is 52.3 Å². The molecule has 0 amide bonds. The predicted molar refractivity (Wildman–Crippen MR) is 104 cm³/mol. The quantitative estimate of drug-likeness (QED) is 0.374. The van der Waals surface area contributed by atoms with Gasteiger partial charge >= 0.3 is 0 Å². The Kier molecular flexibility index (Phi) is 10.5. The molecule has 0 aliphatic heterocycles. The van der Waals surface area contributed by atoms with Crippen LogP contribution >= 0.6 is 23.8 Å². The third-order valence-electron chi connectivity index (χ3n) is 2.89. The van der Waals surface area contributed by atoms with Gasteiger partial charge in [0.2, 0.25) is 0 Å².